The van der Waals surface area contributed by atoms with Crippen molar-refractivity contribution in [3.8, 4) is 0 Å². The average molecular weight is 371 g/mol. The SMILES string of the molecule is CC1Cc2ccccc2N1C(=O)c1cccc(C(=O)N(C)c2ccccc2)n1. The second kappa shape index (κ2) is 7.27. The largest absolute Gasteiger partial charge is 0.310 e. The third-order valence-corrected chi connectivity index (χ3v) is 5.06. The average Bonchev–Trinajstić information content (AvgIpc) is 3.08. The smallest absolute Gasteiger partial charge is 0.277 e. The maximum Gasteiger partial charge on any atom is 0.277 e. The molecule has 5 heteroatoms. The Kier molecular flexibility index (Phi) is 4.65. The van der Waals surface area contributed by atoms with E-state index in [-0.39, 0.29) is 29.2 Å². The summed E-state index contributed by atoms with van der Waals surface area (Å²) in [6.07, 6.45) is 0.817. The number of hydrogen-bond donors (Lipinski definition) is 0. The molecule has 1 atom stereocenters. The van der Waals surface area contributed by atoms with Crippen LogP contribution in [0.15, 0.2) is 72.8 Å². The van der Waals surface area contributed by atoms with E-state index >= 15 is 0 Å². The van der Waals surface area contributed by atoms with Gasteiger partial charge >= 0.3 is 0 Å². The summed E-state index contributed by atoms with van der Waals surface area (Å²) in [5.74, 6) is -0.440. The second-order valence-electron chi connectivity index (χ2n) is 6.96. The molecule has 4 rings (SSSR count). The van der Waals surface area contributed by atoms with Crippen molar-refractivity contribution in [2.75, 3.05) is 16.8 Å². The monoisotopic (exact) mass is 371 g/mol. The molecule has 0 saturated carbocycles. The Bertz CT molecular complexity index is 1030. The molecule has 1 aromatic heterocycles. The van der Waals surface area contributed by atoms with Crippen molar-refractivity contribution >= 4 is 23.2 Å². The first-order valence-corrected chi connectivity index (χ1v) is 9.28. The van der Waals surface area contributed by atoms with Gasteiger partial charge in [-0.2, -0.15) is 0 Å². The van der Waals surface area contributed by atoms with Gasteiger partial charge in [0.15, 0.2) is 0 Å². The number of carbonyl (C=O) groups excluding carboxylic acids is 2. The minimum atomic E-state index is -0.254. The van der Waals surface area contributed by atoms with E-state index in [2.05, 4.69) is 4.98 Å². The number of hydrogen-bond acceptors (Lipinski definition) is 3. The summed E-state index contributed by atoms with van der Waals surface area (Å²) in [5, 5.41) is 0. The van der Waals surface area contributed by atoms with Crippen molar-refractivity contribution in [2.45, 2.75) is 19.4 Å². The summed E-state index contributed by atoms with van der Waals surface area (Å²) in [5.41, 5.74) is 3.36. The van der Waals surface area contributed by atoms with Crippen LogP contribution in [-0.4, -0.2) is 29.9 Å². The lowest BCUT2D eigenvalue weighted by Crippen LogP contribution is -2.36. The maximum absolute atomic E-state index is 13.2. The molecule has 1 aliphatic heterocycles. The predicted molar refractivity (Wildman–Crippen MR) is 110 cm³/mol. The number of benzene rings is 2. The molecule has 0 radical (unpaired) electrons. The first-order valence-electron chi connectivity index (χ1n) is 9.28. The quantitative estimate of drug-likeness (QED) is 0.700. The molecule has 0 bridgehead atoms. The van der Waals surface area contributed by atoms with Crippen LogP contribution in [0, 0.1) is 0 Å². The van der Waals surface area contributed by atoms with Crippen LogP contribution in [0.4, 0.5) is 11.4 Å². The van der Waals surface area contributed by atoms with Crippen molar-refractivity contribution in [3.05, 3.63) is 89.7 Å². The van der Waals surface area contributed by atoms with Gasteiger partial charge in [0, 0.05) is 24.5 Å². The maximum atomic E-state index is 13.2. The minimum Gasteiger partial charge on any atom is -0.310 e. The molecular formula is C23H21N3O2. The number of para-hydroxylation sites is 2. The van der Waals surface area contributed by atoms with Gasteiger partial charge in [0.1, 0.15) is 11.4 Å². The van der Waals surface area contributed by atoms with Gasteiger partial charge in [0.2, 0.25) is 0 Å². The normalized spacial score (nSPS) is 15.2. The summed E-state index contributed by atoms with van der Waals surface area (Å²) in [6.45, 7) is 2.02. The van der Waals surface area contributed by atoms with E-state index in [1.165, 1.54) is 4.90 Å². The molecule has 0 N–H and O–H groups in total. The zero-order valence-corrected chi connectivity index (χ0v) is 15.9. The Hall–Kier alpha value is -3.47. The standard InChI is InChI=1S/C23H21N3O2/c1-16-15-17-9-6-7-14-21(17)26(16)23(28)20-13-8-12-19(24-20)22(27)25(2)18-10-4-3-5-11-18/h3-14,16H,15H2,1-2H3. The van der Waals surface area contributed by atoms with Crippen LogP contribution in [0.25, 0.3) is 0 Å². The number of pyridine rings is 1. The molecule has 0 saturated heterocycles. The fourth-order valence-electron chi connectivity index (χ4n) is 3.61. The van der Waals surface area contributed by atoms with Crippen LogP contribution in [0.2, 0.25) is 0 Å². The molecule has 2 aromatic carbocycles. The lowest BCUT2D eigenvalue weighted by molar-refractivity contribution is 0.0975. The van der Waals surface area contributed by atoms with Crippen LogP contribution in [-0.2, 0) is 6.42 Å². The van der Waals surface area contributed by atoms with E-state index in [0.717, 1.165) is 23.4 Å². The highest BCUT2D eigenvalue weighted by atomic mass is 16.2. The first kappa shape index (κ1) is 17.9. The summed E-state index contributed by atoms with van der Waals surface area (Å²) in [4.78, 5) is 33.7. The second-order valence-corrected chi connectivity index (χ2v) is 6.96. The van der Waals surface area contributed by atoms with E-state index in [4.69, 9.17) is 0 Å². The molecular weight excluding hydrogens is 350 g/mol. The van der Waals surface area contributed by atoms with Gasteiger partial charge in [-0.1, -0.05) is 42.5 Å². The molecule has 140 valence electrons. The van der Waals surface area contributed by atoms with Gasteiger partial charge < -0.3 is 9.80 Å². The molecule has 28 heavy (non-hydrogen) atoms. The fraction of sp³-hybridized carbons (Fsp3) is 0.174. The molecule has 3 aromatic rings. The summed E-state index contributed by atoms with van der Waals surface area (Å²) in [6, 6.07) is 22.3. The Labute approximate surface area is 164 Å². The highest BCUT2D eigenvalue weighted by Crippen LogP contribution is 2.32. The van der Waals surface area contributed by atoms with Gasteiger partial charge in [-0.25, -0.2) is 4.98 Å². The van der Waals surface area contributed by atoms with E-state index < -0.39 is 0 Å². The molecule has 0 fully saturated rings. The van der Waals surface area contributed by atoms with Crippen molar-refractivity contribution in [1.82, 2.24) is 4.98 Å². The van der Waals surface area contributed by atoms with Gasteiger partial charge in [0.25, 0.3) is 11.8 Å². The van der Waals surface area contributed by atoms with Crippen LogP contribution in [0.5, 0.6) is 0 Å². The number of aromatic nitrogens is 1. The molecule has 1 aliphatic rings. The molecule has 5 nitrogen and oxygen atoms in total. The molecule has 2 amide bonds. The number of anilines is 2. The molecule has 2 heterocycles. The van der Waals surface area contributed by atoms with Gasteiger partial charge in [-0.3, -0.25) is 9.59 Å². The summed E-state index contributed by atoms with van der Waals surface area (Å²) < 4.78 is 0. The Morgan fingerprint density at radius 1 is 0.929 bits per heavy atom. The van der Waals surface area contributed by atoms with Gasteiger partial charge in [-0.05, 0) is 49.2 Å². The van der Waals surface area contributed by atoms with Crippen molar-refractivity contribution < 1.29 is 9.59 Å². The molecule has 0 spiro atoms. The van der Waals surface area contributed by atoms with Crippen LogP contribution < -0.4 is 9.80 Å². The topological polar surface area (TPSA) is 53.5 Å². The zero-order valence-electron chi connectivity index (χ0n) is 15.9. The zero-order chi connectivity index (χ0) is 19.7. The third kappa shape index (κ3) is 3.16. The van der Waals surface area contributed by atoms with E-state index in [9.17, 15) is 9.59 Å². The van der Waals surface area contributed by atoms with E-state index in [0.29, 0.717) is 0 Å². The number of amides is 2. The highest BCUT2D eigenvalue weighted by molar-refractivity contribution is 6.08. The Morgan fingerprint density at radius 2 is 1.61 bits per heavy atom. The number of rotatable bonds is 3. The van der Waals surface area contributed by atoms with Crippen molar-refractivity contribution in [3.63, 3.8) is 0 Å². The lowest BCUT2D eigenvalue weighted by Gasteiger charge is -2.22. The third-order valence-electron chi connectivity index (χ3n) is 5.06. The van der Waals surface area contributed by atoms with Crippen molar-refractivity contribution in [2.24, 2.45) is 0 Å². The van der Waals surface area contributed by atoms with Gasteiger partial charge in [-0.15, -0.1) is 0 Å². The lowest BCUT2D eigenvalue weighted by atomic mass is 10.1. The first-order chi connectivity index (χ1) is 13.6. The molecule has 0 aliphatic carbocycles. The van der Waals surface area contributed by atoms with Crippen molar-refractivity contribution in [1.29, 1.82) is 0 Å². The van der Waals surface area contributed by atoms with Crippen LogP contribution in [0.3, 0.4) is 0 Å². The predicted octanol–water partition coefficient (Wildman–Crippen LogP) is 3.95. The number of fused-ring (bicyclic) bond motifs is 1. The van der Waals surface area contributed by atoms with Crippen LogP contribution >= 0.6 is 0 Å². The van der Waals surface area contributed by atoms with Gasteiger partial charge in [0.05, 0.1) is 0 Å². The Morgan fingerprint density at radius 3 is 2.39 bits per heavy atom. The molecule has 1 unspecified atom stereocenters. The summed E-state index contributed by atoms with van der Waals surface area (Å²) in [7, 11) is 1.70. The number of carbonyl (C=O) groups is 2. The van der Waals surface area contributed by atoms with Crippen LogP contribution in [0.1, 0.15) is 33.5 Å². The summed E-state index contributed by atoms with van der Waals surface area (Å²) >= 11 is 0. The fourth-order valence-corrected chi connectivity index (χ4v) is 3.61. The van der Waals surface area contributed by atoms with E-state index in [1.54, 1.807) is 30.1 Å². The highest BCUT2D eigenvalue weighted by Gasteiger charge is 2.32. The number of nitrogens with zero attached hydrogens (tertiary/aromatic N) is 3. The Balaban J connectivity index is 1.62. The minimum absolute atomic E-state index is 0.0538. The van der Waals surface area contributed by atoms with E-state index in [1.807, 2.05) is 61.5 Å².